The number of benzene rings is 2. The van der Waals surface area contributed by atoms with Crippen molar-refractivity contribution in [3.8, 4) is 0 Å². The Bertz CT molecular complexity index is 1230. The van der Waals surface area contributed by atoms with Crippen molar-refractivity contribution in [1.29, 1.82) is 0 Å². The van der Waals surface area contributed by atoms with Gasteiger partial charge in [-0.05, 0) is 78.5 Å². The molecule has 1 saturated heterocycles. The number of hydrogen-bond donors (Lipinski definition) is 2. The van der Waals surface area contributed by atoms with E-state index in [-0.39, 0.29) is 34.5 Å². The van der Waals surface area contributed by atoms with Crippen LogP contribution in [-0.2, 0) is 9.59 Å². The van der Waals surface area contributed by atoms with Crippen molar-refractivity contribution in [1.82, 2.24) is 10.6 Å². The van der Waals surface area contributed by atoms with E-state index >= 15 is 0 Å². The normalized spacial score (nSPS) is 35.3. The number of hydrogen-bond acceptors (Lipinski definition) is 3. The highest BCUT2D eigenvalue weighted by Crippen LogP contribution is 2.64. The zero-order valence-electron chi connectivity index (χ0n) is 21.8. The van der Waals surface area contributed by atoms with Crippen molar-refractivity contribution in [3.63, 3.8) is 0 Å². The average molecular weight is 517 g/mol. The van der Waals surface area contributed by atoms with Crippen LogP contribution >= 0.6 is 11.6 Å². The van der Waals surface area contributed by atoms with Crippen LogP contribution in [0.25, 0.3) is 0 Å². The van der Waals surface area contributed by atoms with Crippen LogP contribution in [0.15, 0.2) is 66.4 Å². The van der Waals surface area contributed by atoms with Gasteiger partial charge in [0, 0.05) is 41.1 Å². The van der Waals surface area contributed by atoms with E-state index in [1.165, 1.54) is 0 Å². The number of allylic oxidation sites excluding steroid dienone is 2. The molecule has 2 aromatic carbocycles. The molecule has 4 aliphatic rings. The Kier molecular flexibility index (Phi) is 6.22. The first-order chi connectivity index (χ1) is 17.8. The van der Waals surface area contributed by atoms with E-state index < -0.39 is 0 Å². The topological polar surface area (TPSA) is 58.2 Å². The lowest BCUT2D eigenvalue weighted by molar-refractivity contribution is -0.133. The molecule has 2 aromatic rings. The van der Waals surface area contributed by atoms with Gasteiger partial charge in [0.15, 0.2) is 5.78 Å². The fourth-order valence-electron chi connectivity index (χ4n) is 8.48. The molecule has 1 heterocycles. The second-order valence-corrected chi connectivity index (χ2v) is 12.7. The lowest BCUT2D eigenvalue weighted by atomic mass is 9.50. The number of halogens is 1. The summed E-state index contributed by atoms with van der Waals surface area (Å²) in [6.07, 6.45) is 7.72. The zero-order chi connectivity index (χ0) is 25.8. The van der Waals surface area contributed by atoms with Gasteiger partial charge in [0.2, 0.25) is 5.91 Å². The highest BCUT2D eigenvalue weighted by atomic mass is 35.5. The van der Waals surface area contributed by atoms with Crippen LogP contribution in [0.2, 0.25) is 5.02 Å². The molecule has 0 bridgehead atoms. The fraction of sp³-hybridized carbons (Fsp3) is 0.500. The van der Waals surface area contributed by atoms with Gasteiger partial charge in [-0.2, -0.15) is 0 Å². The largest absolute Gasteiger partial charge is 0.387 e. The van der Waals surface area contributed by atoms with Gasteiger partial charge >= 0.3 is 0 Å². The summed E-state index contributed by atoms with van der Waals surface area (Å²) >= 11 is 6.17. The van der Waals surface area contributed by atoms with Crippen molar-refractivity contribution in [3.05, 3.63) is 82.5 Å². The van der Waals surface area contributed by atoms with Gasteiger partial charge < -0.3 is 10.6 Å². The molecule has 5 heteroatoms. The molecule has 0 spiro atoms. The molecular formula is C32H37ClN2O2. The Morgan fingerprint density at radius 3 is 2.46 bits per heavy atom. The lowest BCUT2D eigenvalue weighted by Crippen LogP contribution is -2.57. The quantitative estimate of drug-likeness (QED) is 0.490. The highest BCUT2D eigenvalue weighted by Gasteiger charge is 2.60. The molecule has 0 aromatic heterocycles. The maximum Gasteiger partial charge on any atom is 0.224 e. The molecule has 6 rings (SSSR count). The first-order valence-corrected chi connectivity index (χ1v) is 14.3. The summed E-state index contributed by atoms with van der Waals surface area (Å²) in [4.78, 5) is 26.1. The molecule has 4 nitrogen and oxygen atoms in total. The van der Waals surface area contributed by atoms with Crippen LogP contribution in [0.4, 0.5) is 0 Å². The third-order valence-corrected chi connectivity index (χ3v) is 10.8. The number of ketones is 1. The number of amides is 1. The van der Waals surface area contributed by atoms with E-state index in [9.17, 15) is 9.59 Å². The Morgan fingerprint density at radius 1 is 0.973 bits per heavy atom. The SMILES string of the molecule is C[C@]12CCC(=O)C=C1NC[C@@H]1[C@H]2CC[C@]2(C)C(C(=O)NC(c3ccccc3)c3ccc(Cl)cc3)CC[C@@H]12. The molecule has 2 unspecified atom stereocenters. The van der Waals surface area contributed by atoms with E-state index in [4.69, 9.17) is 11.6 Å². The Hall–Kier alpha value is -2.59. The Morgan fingerprint density at radius 2 is 1.70 bits per heavy atom. The molecule has 2 saturated carbocycles. The number of rotatable bonds is 4. The highest BCUT2D eigenvalue weighted by molar-refractivity contribution is 6.30. The molecular weight excluding hydrogens is 480 g/mol. The van der Waals surface area contributed by atoms with Gasteiger partial charge in [-0.15, -0.1) is 0 Å². The van der Waals surface area contributed by atoms with Gasteiger partial charge in [-0.3, -0.25) is 9.59 Å². The third-order valence-electron chi connectivity index (χ3n) is 10.5. The second kappa shape index (κ2) is 9.31. The van der Waals surface area contributed by atoms with Crippen LogP contribution in [0.3, 0.4) is 0 Å². The lowest BCUT2D eigenvalue weighted by Gasteiger charge is -2.58. The van der Waals surface area contributed by atoms with E-state index in [1.807, 2.05) is 48.5 Å². The van der Waals surface area contributed by atoms with Gasteiger partial charge in [0.05, 0.1) is 6.04 Å². The average Bonchev–Trinajstić information content (AvgIpc) is 3.26. The van der Waals surface area contributed by atoms with Crippen molar-refractivity contribution in [2.75, 3.05) is 6.54 Å². The van der Waals surface area contributed by atoms with E-state index in [1.54, 1.807) is 0 Å². The smallest absolute Gasteiger partial charge is 0.224 e. The van der Waals surface area contributed by atoms with Crippen molar-refractivity contribution < 1.29 is 9.59 Å². The molecule has 194 valence electrons. The summed E-state index contributed by atoms with van der Waals surface area (Å²) in [5, 5.41) is 7.82. The fourth-order valence-corrected chi connectivity index (χ4v) is 8.60. The monoisotopic (exact) mass is 516 g/mol. The molecule has 1 amide bonds. The van der Waals surface area contributed by atoms with Gasteiger partial charge in [0.25, 0.3) is 0 Å². The van der Waals surface area contributed by atoms with Crippen molar-refractivity contribution in [2.24, 2.45) is 34.5 Å². The standard InChI is InChI=1S/C32H37ClN2O2/c1-31-17-15-26-24(19-34-28-18-23(36)14-16-32(26,28)2)25(31)12-13-27(31)30(37)35-29(20-6-4-3-5-7-20)21-8-10-22(33)11-9-21/h3-11,18,24-27,29,34H,12-17,19H2,1-2H3,(H,35,37)/t24-,25-,26+,27?,29?,31-,32+/m0/s1. The number of carbonyl (C=O) groups excluding carboxylic acids is 2. The number of carbonyl (C=O) groups is 2. The van der Waals surface area contributed by atoms with Gasteiger partial charge in [0.1, 0.15) is 0 Å². The molecule has 37 heavy (non-hydrogen) atoms. The Balaban J connectivity index is 1.25. The summed E-state index contributed by atoms with van der Waals surface area (Å²) in [6.45, 7) is 5.67. The molecule has 7 atom stereocenters. The van der Waals surface area contributed by atoms with Crippen LogP contribution in [0, 0.1) is 34.5 Å². The summed E-state index contributed by atoms with van der Waals surface area (Å²) in [5.41, 5.74) is 3.34. The van der Waals surface area contributed by atoms with Crippen LogP contribution in [0.1, 0.15) is 69.5 Å². The minimum atomic E-state index is -0.201. The minimum Gasteiger partial charge on any atom is -0.387 e. The maximum atomic E-state index is 14.0. The van der Waals surface area contributed by atoms with Crippen LogP contribution < -0.4 is 10.6 Å². The molecule has 3 aliphatic carbocycles. The molecule has 1 aliphatic heterocycles. The first kappa shape index (κ1) is 24.7. The maximum absolute atomic E-state index is 14.0. The van der Waals surface area contributed by atoms with Gasteiger partial charge in [-0.1, -0.05) is 67.9 Å². The summed E-state index contributed by atoms with van der Waals surface area (Å²) in [7, 11) is 0. The number of fused-ring (bicyclic) bond motifs is 5. The molecule has 2 N–H and O–H groups in total. The third kappa shape index (κ3) is 4.12. The first-order valence-electron chi connectivity index (χ1n) is 13.9. The summed E-state index contributed by atoms with van der Waals surface area (Å²) in [5.74, 6) is 2.09. The van der Waals surface area contributed by atoms with Crippen LogP contribution in [-0.4, -0.2) is 18.2 Å². The predicted octanol–water partition coefficient (Wildman–Crippen LogP) is 6.46. The van der Waals surface area contributed by atoms with Gasteiger partial charge in [-0.25, -0.2) is 0 Å². The van der Waals surface area contributed by atoms with E-state index in [0.717, 1.165) is 55.5 Å². The second-order valence-electron chi connectivity index (χ2n) is 12.3. The number of nitrogens with one attached hydrogen (secondary N) is 2. The Labute approximate surface area is 225 Å². The summed E-state index contributed by atoms with van der Waals surface area (Å²) in [6, 6.07) is 17.8. The minimum absolute atomic E-state index is 0.00374. The molecule has 0 radical (unpaired) electrons. The predicted molar refractivity (Wildman–Crippen MR) is 147 cm³/mol. The van der Waals surface area contributed by atoms with E-state index in [2.05, 4.69) is 36.6 Å². The molecule has 3 fully saturated rings. The van der Waals surface area contributed by atoms with Crippen molar-refractivity contribution >= 4 is 23.3 Å². The zero-order valence-corrected chi connectivity index (χ0v) is 22.6. The number of piperidine rings is 1. The van der Waals surface area contributed by atoms with Crippen molar-refractivity contribution in [2.45, 2.75) is 58.4 Å². The van der Waals surface area contributed by atoms with Crippen LogP contribution in [0.5, 0.6) is 0 Å². The summed E-state index contributed by atoms with van der Waals surface area (Å²) < 4.78 is 0. The van der Waals surface area contributed by atoms with E-state index in [0.29, 0.717) is 29.2 Å².